The third kappa shape index (κ3) is 3.06. The summed E-state index contributed by atoms with van der Waals surface area (Å²) in [5.41, 5.74) is 0.0759. The molecular formula is C13H8ClF2NO2. The molecule has 0 bridgehead atoms. The molecule has 0 N–H and O–H groups in total. The Bertz CT molecular complexity index is 619. The van der Waals surface area contributed by atoms with Crippen LogP contribution in [0.25, 0.3) is 0 Å². The third-order valence-corrected chi connectivity index (χ3v) is 2.75. The second-order valence-corrected chi connectivity index (χ2v) is 4.04. The Labute approximate surface area is 112 Å². The zero-order chi connectivity index (χ0) is 13.8. The van der Waals surface area contributed by atoms with Gasteiger partial charge in [0.15, 0.2) is 5.82 Å². The van der Waals surface area contributed by atoms with Crippen molar-refractivity contribution in [3.8, 4) is 0 Å². The average molecular weight is 284 g/mol. The molecule has 0 saturated heterocycles. The molecule has 0 fully saturated rings. The Balaban J connectivity index is 2.10. The molecule has 0 aliphatic carbocycles. The van der Waals surface area contributed by atoms with Gasteiger partial charge < -0.3 is 4.74 Å². The molecule has 0 radical (unpaired) electrons. The maximum atomic E-state index is 13.3. The summed E-state index contributed by atoms with van der Waals surface area (Å²) in [6.07, 6.45) is 0.991. The van der Waals surface area contributed by atoms with Gasteiger partial charge in [-0.15, -0.1) is 0 Å². The Morgan fingerprint density at radius 1 is 1.26 bits per heavy atom. The second-order valence-electron chi connectivity index (χ2n) is 3.63. The third-order valence-electron chi connectivity index (χ3n) is 2.38. The standard InChI is InChI=1S/C13H8ClF2NO2/c14-10-4-2-1-3-8(10)7-19-13(18)9-5-6-17-12(16)11(9)15/h1-6H,7H2. The lowest BCUT2D eigenvalue weighted by Crippen LogP contribution is -2.09. The van der Waals surface area contributed by atoms with Crippen molar-refractivity contribution in [2.45, 2.75) is 6.61 Å². The van der Waals surface area contributed by atoms with E-state index in [-0.39, 0.29) is 6.61 Å². The molecule has 0 spiro atoms. The van der Waals surface area contributed by atoms with Gasteiger partial charge in [-0.3, -0.25) is 0 Å². The Hall–Kier alpha value is -2.01. The van der Waals surface area contributed by atoms with Gasteiger partial charge >= 0.3 is 5.97 Å². The molecule has 3 nitrogen and oxygen atoms in total. The van der Waals surface area contributed by atoms with E-state index in [1.165, 1.54) is 0 Å². The first kappa shape index (κ1) is 13.4. The zero-order valence-corrected chi connectivity index (χ0v) is 10.3. The molecule has 0 atom stereocenters. The summed E-state index contributed by atoms with van der Waals surface area (Å²) in [4.78, 5) is 14.7. The molecule has 6 heteroatoms. The first-order chi connectivity index (χ1) is 9.09. The number of nitrogens with zero attached hydrogens (tertiary/aromatic N) is 1. The average Bonchev–Trinajstić information content (AvgIpc) is 2.40. The molecule has 1 aromatic heterocycles. The van der Waals surface area contributed by atoms with Gasteiger partial charge in [0.25, 0.3) is 0 Å². The molecule has 1 aromatic carbocycles. The molecule has 19 heavy (non-hydrogen) atoms. The SMILES string of the molecule is O=C(OCc1ccccc1Cl)c1ccnc(F)c1F. The van der Waals surface area contributed by atoms with Gasteiger partial charge in [-0.25, -0.2) is 14.2 Å². The summed E-state index contributed by atoms with van der Waals surface area (Å²) in [6, 6.07) is 7.80. The molecule has 98 valence electrons. The van der Waals surface area contributed by atoms with Gasteiger partial charge in [-0.2, -0.15) is 4.39 Å². The number of pyridine rings is 1. The van der Waals surface area contributed by atoms with E-state index in [2.05, 4.69) is 4.98 Å². The lowest BCUT2D eigenvalue weighted by atomic mass is 10.2. The number of carbonyl (C=O) groups excluding carboxylic acids is 1. The van der Waals surface area contributed by atoms with Crippen LogP contribution in [0.5, 0.6) is 0 Å². The molecule has 2 aromatic rings. The number of benzene rings is 1. The van der Waals surface area contributed by atoms with E-state index in [0.717, 1.165) is 12.3 Å². The Morgan fingerprint density at radius 3 is 2.74 bits per heavy atom. The maximum absolute atomic E-state index is 13.3. The number of ether oxygens (including phenoxy) is 1. The summed E-state index contributed by atoms with van der Waals surface area (Å²) in [7, 11) is 0. The van der Waals surface area contributed by atoms with E-state index in [1.54, 1.807) is 24.3 Å². The predicted molar refractivity (Wildman–Crippen MR) is 64.7 cm³/mol. The van der Waals surface area contributed by atoms with E-state index in [4.69, 9.17) is 16.3 Å². The first-order valence-electron chi connectivity index (χ1n) is 5.30. The summed E-state index contributed by atoms with van der Waals surface area (Å²) in [5.74, 6) is -3.64. The van der Waals surface area contributed by atoms with Crippen molar-refractivity contribution in [3.63, 3.8) is 0 Å². The number of aromatic nitrogens is 1. The number of esters is 1. The maximum Gasteiger partial charge on any atom is 0.341 e. The second kappa shape index (κ2) is 5.75. The van der Waals surface area contributed by atoms with Crippen molar-refractivity contribution in [3.05, 3.63) is 64.4 Å². The van der Waals surface area contributed by atoms with Crippen molar-refractivity contribution >= 4 is 17.6 Å². The van der Waals surface area contributed by atoms with E-state index in [0.29, 0.717) is 10.6 Å². The van der Waals surface area contributed by atoms with Crippen LogP contribution in [-0.2, 0) is 11.3 Å². The van der Waals surface area contributed by atoms with Crippen molar-refractivity contribution < 1.29 is 18.3 Å². The highest BCUT2D eigenvalue weighted by molar-refractivity contribution is 6.31. The number of rotatable bonds is 3. The first-order valence-corrected chi connectivity index (χ1v) is 5.68. The topological polar surface area (TPSA) is 39.2 Å². The van der Waals surface area contributed by atoms with Gasteiger partial charge in [0.2, 0.25) is 5.95 Å². The highest BCUT2D eigenvalue weighted by Crippen LogP contribution is 2.17. The predicted octanol–water partition coefficient (Wildman–Crippen LogP) is 3.37. The molecule has 0 amide bonds. The zero-order valence-electron chi connectivity index (χ0n) is 9.57. The highest BCUT2D eigenvalue weighted by atomic mass is 35.5. The fraction of sp³-hybridized carbons (Fsp3) is 0.0769. The Kier molecular flexibility index (Phi) is 4.06. The van der Waals surface area contributed by atoms with Gasteiger partial charge in [0, 0.05) is 16.8 Å². The lowest BCUT2D eigenvalue weighted by molar-refractivity contribution is 0.0466. The fourth-order valence-electron chi connectivity index (χ4n) is 1.41. The van der Waals surface area contributed by atoms with Crippen LogP contribution in [-0.4, -0.2) is 11.0 Å². The van der Waals surface area contributed by atoms with E-state index >= 15 is 0 Å². The van der Waals surface area contributed by atoms with Crippen LogP contribution < -0.4 is 0 Å². The minimum absolute atomic E-state index is 0.123. The molecule has 0 unspecified atom stereocenters. The van der Waals surface area contributed by atoms with Gasteiger partial charge in [0.05, 0.1) is 0 Å². The van der Waals surface area contributed by atoms with Crippen LogP contribution >= 0.6 is 11.6 Å². The van der Waals surface area contributed by atoms with Gasteiger partial charge in [-0.05, 0) is 12.1 Å². The van der Waals surface area contributed by atoms with Gasteiger partial charge in [0.1, 0.15) is 12.2 Å². The summed E-state index contributed by atoms with van der Waals surface area (Å²) in [6.45, 7) is -0.123. The summed E-state index contributed by atoms with van der Waals surface area (Å²) >= 11 is 5.87. The number of hydrogen-bond donors (Lipinski definition) is 0. The van der Waals surface area contributed by atoms with Crippen LogP contribution in [0.4, 0.5) is 8.78 Å². The summed E-state index contributed by atoms with van der Waals surface area (Å²) in [5, 5.41) is 0.427. The van der Waals surface area contributed by atoms with E-state index in [9.17, 15) is 13.6 Å². The molecule has 1 heterocycles. The van der Waals surface area contributed by atoms with Crippen LogP contribution in [0, 0.1) is 11.8 Å². The monoisotopic (exact) mass is 283 g/mol. The minimum Gasteiger partial charge on any atom is -0.457 e. The highest BCUT2D eigenvalue weighted by Gasteiger charge is 2.17. The molecule has 2 rings (SSSR count). The van der Waals surface area contributed by atoms with E-state index in [1.807, 2.05) is 0 Å². The van der Waals surface area contributed by atoms with Crippen molar-refractivity contribution in [2.24, 2.45) is 0 Å². The number of hydrogen-bond acceptors (Lipinski definition) is 3. The quantitative estimate of drug-likeness (QED) is 0.640. The molecular weight excluding hydrogens is 276 g/mol. The Morgan fingerprint density at radius 2 is 2.00 bits per heavy atom. The molecule has 0 aliphatic rings. The number of carbonyl (C=O) groups is 1. The van der Waals surface area contributed by atoms with Crippen molar-refractivity contribution in [1.82, 2.24) is 4.98 Å². The summed E-state index contributed by atoms with van der Waals surface area (Å²) < 4.78 is 31.0. The van der Waals surface area contributed by atoms with Crippen molar-refractivity contribution in [2.75, 3.05) is 0 Å². The minimum atomic E-state index is -1.34. The van der Waals surface area contributed by atoms with Crippen LogP contribution in [0.1, 0.15) is 15.9 Å². The van der Waals surface area contributed by atoms with Gasteiger partial charge in [-0.1, -0.05) is 29.8 Å². The lowest BCUT2D eigenvalue weighted by Gasteiger charge is -2.07. The largest absolute Gasteiger partial charge is 0.457 e. The number of halogens is 3. The van der Waals surface area contributed by atoms with Crippen LogP contribution in [0.15, 0.2) is 36.5 Å². The van der Waals surface area contributed by atoms with Crippen LogP contribution in [0.3, 0.4) is 0 Å². The van der Waals surface area contributed by atoms with Crippen LogP contribution in [0.2, 0.25) is 5.02 Å². The van der Waals surface area contributed by atoms with E-state index < -0.39 is 23.3 Å². The smallest absolute Gasteiger partial charge is 0.341 e. The molecule has 0 aliphatic heterocycles. The fourth-order valence-corrected chi connectivity index (χ4v) is 1.60. The normalized spacial score (nSPS) is 10.3. The van der Waals surface area contributed by atoms with Crippen molar-refractivity contribution in [1.29, 1.82) is 0 Å². The molecule has 0 saturated carbocycles.